The second kappa shape index (κ2) is 4.87. The van der Waals surface area contributed by atoms with Crippen molar-refractivity contribution in [3.05, 3.63) is 29.8 Å². The van der Waals surface area contributed by atoms with Gasteiger partial charge in [0.05, 0.1) is 0 Å². The van der Waals surface area contributed by atoms with Crippen molar-refractivity contribution in [1.29, 1.82) is 0 Å². The smallest absolute Gasteiger partial charge is 0.0317 e. The molecule has 0 saturated carbocycles. The van der Waals surface area contributed by atoms with Gasteiger partial charge >= 0.3 is 0 Å². The normalized spacial score (nSPS) is 10.7. The van der Waals surface area contributed by atoms with Crippen molar-refractivity contribution in [2.45, 2.75) is 20.4 Å². The molecular weight excluding hydrogens is 160 g/mol. The van der Waals surface area contributed by atoms with Gasteiger partial charge in [-0.25, -0.2) is 0 Å². The summed E-state index contributed by atoms with van der Waals surface area (Å²) in [6.45, 7) is 6.36. The standard InChI is InChI=1S/C11H18N2/c1-9(2)7-13-8-10-4-3-5-11(12)6-10/h3-6,9,13H,7-8,12H2,1-2H3. The highest BCUT2D eigenvalue weighted by Gasteiger charge is 1.94. The molecule has 2 heteroatoms. The number of anilines is 1. The second-order valence-corrected chi connectivity index (χ2v) is 3.77. The Hall–Kier alpha value is -1.02. The highest BCUT2D eigenvalue weighted by molar-refractivity contribution is 5.40. The largest absolute Gasteiger partial charge is 0.399 e. The predicted molar refractivity (Wildman–Crippen MR) is 57.4 cm³/mol. The predicted octanol–water partition coefficient (Wildman–Crippen LogP) is 2.01. The molecule has 0 aliphatic rings. The van der Waals surface area contributed by atoms with Gasteiger partial charge in [0.25, 0.3) is 0 Å². The van der Waals surface area contributed by atoms with Crippen LogP contribution in [0.4, 0.5) is 5.69 Å². The minimum Gasteiger partial charge on any atom is -0.399 e. The number of hydrogen-bond donors (Lipinski definition) is 2. The summed E-state index contributed by atoms with van der Waals surface area (Å²) in [4.78, 5) is 0. The van der Waals surface area contributed by atoms with E-state index in [-0.39, 0.29) is 0 Å². The molecule has 0 amide bonds. The molecule has 0 aliphatic carbocycles. The molecule has 2 nitrogen and oxygen atoms in total. The van der Waals surface area contributed by atoms with Crippen molar-refractivity contribution in [3.63, 3.8) is 0 Å². The van der Waals surface area contributed by atoms with Gasteiger partial charge in [-0.1, -0.05) is 26.0 Å². The molecule has 13 heavy (non-hydrogen) atoms. The quantitative estimate of drug-likeness (QED) is 0.692. The number of hydrogen-bond acceptors (Lipinski definition) is 2. The molecule has 1 aromatic carbocycles. The lowest BCUT2D eigenvalue weighted by Crippen LogP contribution is -2.18. The third kappa shape index (κ3) is 3.95. The summed E-state index contributed by atoms with van der Waals surface area (Å²) < 4.78 is 0. The monoisotopic (exact) mass is 178 g/mol. The fourth-order valence-corrected chi connectivity index (χ4v) is 1.21. The van der Waals surface area contributed by atoms with Crippen molar-refractivity contribution < 1.29 is 0 Å². The van der Waals surface area contributed by atoms with Crippen molar-refractivity contribution in [3.8, 4) is 0 Å². The lowest BCUT2D eigenvalue weighted by molar-refractivity contribution is 0.552. The van der Waals surface area contributed by atoms with Crippen LogP contribution in [0.2, 0.25) is 0 Å². The van der Waals surface area contributed by atoms with E-state index < -0.39 is 0 Å². The number of benzene rings is 1. The molecule has 0 aromatic heterocycles. The molecule has 72 valence electrons. The van der Waals surface area contributed by atoms with Gasteiger partial charge in [-0.15, -0.1) is 0 Å². The third-order valence-corrected chi connectivity index (χ3v) is 1.83. The second-order valence-electron chi connectivity index (χ2n) is 3.77. The van der Waals surface area contributed by atoms with Gasteiger partial charge in [-0.2, -0.15) is 0 Å². The number of rotatable bonds is 4. The molecule has 0 heterocycles. The van der Waals surface area contributed by atoms with Crippen LogP contribution in [-0.2, 0) is 6.54 Å². The first-order valence-electron chi connectivity index (χ1n) is 4.73. The van der Waals surface area contributed by atoms with Gasteiger partial charge in [-0.3, -0.25) is 0 Å². The van der Waals surface area contributed by atoms with Crippen molar-refractivity contribution >= 4 is 5.69 Å². The lowest BCUT2D eigenvalue weighted by Gasteiger charge is -2.07. The van der Waals surface area contributed by atoms with E-state index in [1.807, 2.05) is 18.2 Å². The van der Waals surface area contributed by atoms with E-state index in [1.54, 1.807) is 0 Å². The van der Waals surface area contributed by atoms with Crippen molar-refractivity contribution in [2.75, 3.05) is 12.3 Å². The maximum Gasteiger partial charge on any atom is 0.0317 e. The number of nitrogen functional groups attached to an aromatic ring is 1. The average molecular weight is 178 g/mol. The zero-order valence-electron chi connectivity index (χ0n) is 8.38. The Bertz CT molecular complexity index is 256. The van der Waals surface area contributed by atoms with Gasteiger partial charge in [0.15, 0.2) is 0 Å². The summed E-state index contributed by atoms with van der Waals surface area (Å²) in [7, 11) is 0. The van der Waals surface area contributed by atoms with Crippen LogP contribution >= 0.6 is 0 Å². The van der Waals surface area contributed by atoms with Gasteiger partial charge in [-0.05, 0) is 30.2 Å². The molecule has 0 unspecified atom stereocenters. The van der Waals surface area contributed by atoms with Crippen LogP contribution in [0.25, 0.3) is 0 Å². The average Bonchev–Trinajstić information content (AvgIpc) is 2.03. The summed E-state index contributed by atoms with van der Waals surface area (Å²) in [6, 6.07) is 7.99. The van der Waals surface area contributed by atoms with Crippen molar-refractivity contribution in [1.82, 2.24) is 5.32 Å². The summed E-state index contributed by atoms with van der Waals surface area (Å²) in [6.07, 6.45) is 0. The zero-order chi connectivity index (χ0) is 9.68. The first-order valence-corrected chi connectivity index (χ1v) is 4.73. The summed E-state index contributed by atoms with van der Waals surface area (Å²) in [5.41, 5.74) is 7.75. The fraction of sp³-hybridized carbons (Fsp3) is 0.455. The van der Waals surface area contributed by atoms with Crippen LogP contribution in [0.1, 0.15) is 19.4 Å². The van der Waals surface area contributed by atoms with Crippen LogP contribution in [0, 0.1) is 5.92 Å². The van der Waals surface area contributed by atoms with Crippen LogP contribution < -0.4 is 11.1 Å². The van der Waals surface area contributed by atoms with Crippen LogP contribution in [0.3, 0.4) is 0 Å². The molecule has 1 aromatic rings. The van der Waals surface area contributed by atoms with E-state index >= 15 is 0 Å². The van der Waals surface area contributed by atoms with Gasteiger partial charge in [0.2, 0.25) is 0 Å². The zero-order valence-corrected chi connectivity index (χ0v) is 8.38. The highest BCUT2D eigenvalue weighted by atomic mass is 14.8. The van der Waals surface area contributed by atoms with E-state index in [4.69, 9.17) is 5.73 Å². The minimum atomic E-state index is 0.695. The van der Waals surface area contributed by atoms with Gasteiger partial charge < -0.3 is 11.1 Å². The minimum absolute atomic E-state index is 0.695. The topological polar surface area (TPSA) is 38.0 Å². The molecule has 0 fully saturated rings. The van der Waals surface area contributed by atoms with E-state index in [2.05, 4.69) is 25.2 Å². The molecule has 0 aliphatic heterocycles. The Morgan fingerprint density at radius 1 is 1.38 bits per heavy atom. The highest BCUT2D eigenvalue weighted by Crippen LogP contribution is 2.05. The van der Waals surface area contributed by atoms with E-state index in [1.165, 1.54) is 5.56 Å². The lowest BCUT2D eigenvalue weighted by atomic mass is 10.2. The van der Waals surface area contributed by atoms with Crippen LogP contribution in [0.5, 0.6) is 0 Å². The molecular formula is C11H18N2. The Morgan fingerprint density at radius 3 is 2.77 bits per heavy atom. The molecule has 1 rings (SSSR count). The molecule has 0 saturated heterocycles. The fourth-order valence-electron chi connectivity index (χ4n) is 1.21. The Kier molecular flexibility index (Phi) is 3.77. The molecule has 3 N–H and O–H groups in total. The summed E-state index contributed by atoms with van der Waals surface area (Å²) in [5, 5.41) is 3.37. The Balaban J connectivity index is 2.37. The molecule has 0 radical (unpaired) electrons. The molecule has 0 atom stereocenters. The molecule has 0 spiro atoms. The Morgan fingerprint density at radius 2 is 2.15 bits per heavy atom. The number of nitrogens with two attached hydrogens (primary N) is 1. The van der Waals surface area contributed by atoms with Gasteiger partial charge in [0, 0.05) is 12.2 Å². The van der Waals surface area contributed by atoms with Crippen LogP contribution in [0.15, 0.2) is 24.3 Å². The van der Waals surface area contributed by atoms with E-state index in [0.717, 1.165) is 18.8 Å². The van der Waals surface area contributed by atoms with E-state index in [0.29, 0.717) is 5.92 Å². The van der Waals surface area contributed by atoms with Crippen molar-refractivity contribution in [2.24, 2.45) is 5.92 Å². The van der Waals surface area contributed by atoms with E-state index in [9.17, 15) is 0 Å². The first-order chi connectivity index (χ1) is 6.18. The summed E-state index contributed by atoms with van der Waals surface area (Å²) in [5.74, 6) is 0.695. The summed E-state index contributed by atoms with van der Waals surface area (Å²) >= 11 is 0. The SMILES string of the molecule is CC(C)CNCc1cccc(N)c1. The third-order valence-electron chi connectivity index (χ3n) is 1.83. The van der Waals surface area contributed by atoms with Crippen LogP contribution in [-0.4, -0.2) is 6.54 Å². The van der Waals surface area contributed by atoms with Gasteiger partial charge in [0.1, 0.15) is 0 Å². The number of nitrogens with one attached hydrogen (secondary N) is 1. The molecule has 0 bridgehead atoms. The Labute approximate surface area is 80.1 Å². The maximum absolute atomic E-state index is 5.66. The maximum atomic E-state index is 5.66. The first kappa shape index (κ1) is 10.1.